The van der Waals surface area contributed by atoms with Crippen molar-refractivity contribution in [1.82, 2.24) is 19.6 Å². The fourth-order valence-electron chi connectivity index (χ4n) is 4.41. The second-order valence-electron chi connectivity index (χ2n) is 8.91. The standard InChI is InChI=1S/C26H29FN4O3/c1-29-11-13-30(14-12-29)17-20-8-9-21(22(27)16-20)24-23(25-31(28-24)10-5-15-33-25)26(32)34-18-19-6-3-2-4-7-19/h2-4,6-9,16H,5,10-15,17-18H2,1H3. The predicted octanol–water partition coefficient (Wildman–Crippen LogP) is 3.58. The van der Waals surface area contributed by atoms with Crippen molar-refractivity contribution >= 4 is 5.97 Å². The minimum atomic E-state index is -0.567. The number of benzene rings is 2. The molecule has 7 nitrogen and oxygen atoms in total. The lowest BCUT2D eigenvalue weighted by molar-refractivity contribution is 0.0466. The maximum atomic E-state index is 15.3. The number of rotatable bonds is 6. The second kappa shape index (κ2) is 9.95. The van der Waals surface area contributed by atoms with Crippen LogP contribution in [0, 0.1) is 5.82 Å². The molecule has 1 saturated heterocycles. The van der Waals surface area contributed by atoms with Gasteiger partial charge in [0.05, 0.1) is 6.61 Å². The van der Waals surface area contributed by atoms with Crippen LogP contribution in [0.5, 0.6) is 5.88 Å². The van der Waals surface area contributed by atoms with Crippen LogP contribution in [-0.2, 0) is 24.4 Å². The molecular weight excluding hydrogens is 435 g/mol. The maximum absolute atomic E-state index is 15.3. The predicted molar refractivity (Wildman–Crippen MR) is 126 cm³/mol. The number of hydrogen-bond donors (Lipinski definition) is 0. The molecule has 2 aliphatic rings. The van der Waals surface area contributed by atoms with Gasteiger partial charge in [-0.15, -0.1) is 0 Å². The van der Waals surface area contributed by atoms with Gasteiger partial charge in [0.25, 0.3) is 0 Å². The molecule has 34 heavy (non-hydrogen) atoms. The van der Waals surface area contributed by atoms with Crippen LogP contribution >= 0.6 is 0 Å². The summed E-state index contributed by atoms with van der Waals surface area (Å²) in [4.78, 5) is 17.7. The largest absolute Gasteiger partial charge is 0.477 e. The number of halogens is 1. The minimum absolute atomic E-state index is 0.121. The van der Waals surface area contributed by atoms with E-state index in [0.717, 1.165) is 43.7 Å². The first-order valence-corrected chi connectivity index (χ1v) is 11.7. The van der Waals surface area contributed by atoms with Crippen LogP contribution in [0.4, 0.5) is 4.39 Å². The Morgan fingerprint density at radius 1 is 1.06 bits per heavy atom. The first-order valence-electron chi connectivity index (χ1n) is 11.7. The van der Waals surface area contributed by atoms with Crippen molar-refractivity contribution in [3.05, 3.63) is 71.0 Å². The molecule has 0 spiro atoms. The molecule has 178 valence electrons. The van der Waals surface area contributed by atoms with Crippen LogP contribution in [0.25, 0.3) is 11.3 Å². The van der Waals surface area contributed by atoms with Crippen LogP contribution < -0.4 is 4.74 Å². The summed E-state index contributed by atoms with van der Waals surface area (Å²) in [6, 6.07) is 14.6. The van der Waals surface area contributed by atoms with Gasteiger partial charge < -0.3 is 14.4 Å². The van der Waals surface area contributed by atoms with Gasteiger partial charge >= 0.3 is 5.97 Å². The SMILES string of the molecule is CN1CCN(Cc2ccc(-c3nn4c(c3C(=O)OCc3ccccc3)OCCC4)c(F)c2)CC1. The molecule has 0 radical (unpaired) electrons. The topological polar surface area (TPSA) is 59.8 Å². The summed E-state index contributed by atoms with van der Waals surface area (Å²) < 4.78 is 28.3. The molecule has 2 aliphatic heterocycles. The smallest absolute Gasteiger partial charge is 0.346 e. The lowest BCUT2D eigenvalue weighted by Crippen LogP contribution is -2.43. The third-order valence-corrected chi connectivity index (χ3v) is 6.37. The van der Waals surface area contributed by atoms with E-state index >= 15 is 4.39 Å². The van der Waals surface area contributed by atoms with Crippen LogP contribution in [0.15, 0.2) is 48.5 Å². The van der Waals surface area contributed by atoms with Crippen molar-refractivity contribution in [1.29, 1.82) is 0 Å². The highest BCUT2D eigenvalue weighted by molar-refractivity contribution is 5.99. The Balaban J connectivity index is 1.40. The number of fused-ring (bicyclic) bond motifs is 1. The Hall–Kier alpha value is -3.23. The van der Waals surface area contributed by atoms with Crippen molar-refractivity contribution in [3.8, 4) is 17.1 Å². The number of carbonyl (C=O) groups is 1. The number of carbonyl (C=O) groups excluding carboxylic acids is 1. The van der Waals surface area contributed by atoms with E-state index in [9.17, 15) is 4.79 Å². The van der Waals surface area contributed by atoms with Gasteiger partial charge in [0.15, 0.2) is 0 Å². The summed E-state index contributed by atoms with van der Waals surface area (Å²) in [5.41, 5.74) is 2.50. The normalized spacial score (nSPS) is 16.6. The molecule has 0 aliphatic carbocycles. The van der Waals surface area contributed by atoms with E-state index < -0.39 is 11.8 Å². The zero-order chi connectivity index (χ0) is 23.5. The molecule has 8 heteroatoms. The summed E-state index contributed by atoms with van der Waals surface area (Å²) in [7, 11) is 2.11. The number of hydrogen-bond acceptors (Lipinski definition) is 6. The van der Waals surface area contributed by atoms with Gasteiger partial charge in [-0.2, -0.15) is 5.10 Å². The molecule has 0 atom stereocenters. The second-order valence-corrected chi connectivity index (χ2v) is 8.91. The number of likely N-dealkylation sites (N-methyl/N-ethyl adjacent to an activating group) is 1. The molecule has 5 rings (SSSR count). The van der Waals surface area contributed by atoms with Crippen LogP contribution in [0.1, 0.15) is 27.9 Å². The fraction of sp³-hybridized carbons (Fsp3) is 0.385. The number of esters is 1. The van der Waals surface area contributed by atoms with E-state index in [1.54, 1.807) is 16.8 Å². The lowest BCUT2D eigenvalue weighted by atomic mass is 10.0. The number of nitrogens with zero attached hydrogens (tertiary/aromatic N) is 4. The molecule has 3 aromatic rings. The summed E-state index contributed by atoms with van der Waals surface area (Å²) in [5.74, 6) is -0.623. The first-order chi connectivity index (χ1) is 16.6. The quantitative estimate of drug-likeness (QED) is 0.520. The van der Waals surface area contributed by atoms with Crippen LogP contribution in [-0.4, -0.2) is 65.4 Å². The summed E-state index contributed by atoms with van der Waals surface area (Å²) >= 11 is 0. The van der Waals surface area contributed by atoms with E-state index in [-0.39, 0.29) is 23.4 Å². The van der Waals surface area contributed by atoms with Gasteiger partial charge in [-0.1, -0.05) is 36.4 Å². The van der Waals surface area contributed by atoms with Crippen molar-refractivity contribution < 1.29 is 18.7 Å². The molecule has 3 heterocycles. The number of piperazine rings is 1. The molecule has 1 aromatic heterocycles. The number of aryl methyl sites for hydroxylation is 1. The first kappa shape index (κ1) is 22.6. The van der Waals surface area contributed by atoms with Gasteiger partial charge in [-0.3, -0.25) is 4.90 Å². The fourth-order valence-corrected chi connectivity index (χ4v) is 4.41. The van der Waals surface area contributed by atoms with Crippen LogP contribution in [0.3, 0.4) is 0 Å². The van der Waals surface area contributed by atoms with Gasteiger partial charge in [0.1, 0.15) is 23.7 Å². The molecule has 0 amide bonds. The molecule has 0 bridgehead atoms. The van der Waals surface area contributed by atoms with Crippen LogP contribution in [0.2, 0.25) is 0 Å². The lowest BCUT2D eigenvalue weighted by Gasteiger charge is -2.32. The van der Waals surface area contributed by atoms with Gasteiger partial charge in [-0.25, -0.2) is 13.9 Å². The van der Waals surface area contributed by atoms with Crippen molar-refractivity contribution in [2.75, 3.05) is 39.8 Å². The summed E-state index contributed by atoms with van der Waals surface area (Å²) in [6.07, 6.45) is 0.777. The van der Waals surface area contributed by atoms with Crippen molar-refractivity contribution in [3.63, 3.8) is 0 Å². The minimum Gasteiger partial charge on any atom is -0.477 e. The van der Waals surface area contributed by atoms with Gasteiger partial charge in [0.2, 0.25) is 5.88 Å². The average Bonchev–Trinajstić information content (AvgIpc) is 3.24. The Labute approximate surface area is 198 Å². The highest BCUT2D eigenvalue weighted by atomic mass is 19.1. The Bertz CT molecular complexity index is 1160. The van der Waals surface area contributed by atoms with Gasteiger partial charge in [0, 0.05) is 51.3 Å². The Morgan fingerprint density at radius 3 is 2.62 bits per heavy atom. The van der Waals surface area contributed by atoms with E-state index in [0.29, 0.717) is 25.6 Å². The zero-order valence-electron chi connectivity index (χ0n) is 19.4. The highest BCUT2D eigenvalue weighted by Gasteiger charge is 2.30. The highest BCUT2D eigenvalue weighted by Crippen LogP contribution is 2.35. The van der Waals surface area contributed by atoms with Crippen molar-refractivity contribution in [2.45, 2.75) is 26.1 Å². The summed E-state index contributed by atoms with van der Waals surface area (Å²) in [6.45, 7) is 5.85. The van der Waals surface area contributed by atoms with Gasteiger partial charge in [-0.05, 0) is 30.3 Å². The van der Waals surface area contributed by atoms with E-state index in [1.807, 2.05) is 36.4 Å². The summed E-state index contributed by atoms with van der Waals surface area (Å²) in [5, 5.41) is 4.55. The van der Waals surface area contributed by atoms with E-state index in [1.165, 1.54) is 0 Å². The number of aromatic nitrogens is 2. The average molecular weight is 465 g/mol. The maximum Gasteiger partial charge on any atom is 0.346 e. The van der Waals surface area contributed by atoms with Crippen molar-refractivity contribution in [2.24, 2.45) is 0 Å². The molecule has 0 N–H and O–H groups in total. The molecule has 0 saturated carbocycles. The third-order valence-electron chi connectivity index (χ3n) is 6.37. The Morgan fingerprint density at radius 2 is 1.85 bits per heavy atom. The molecule has 2 aromatic carbocycles. The molecule has 1 fully saturated rings. The zero-order valence-corrected chi connectivity index (χ0v) is 19.4. The Kier molecular flexibility index (Phi) is 6.60. The third kappa shape index (κ3) is 4.83. The molecule has 0 unspecified atom stereocenters. The number of ether oxygens (including phenoxy) is 2. The molecular formula is C26H29FN4O3. The van der Waals surface area contributed by atoms with E-state index in [4.69, 9.17) is 9.47 Å². The monoisotopic (exact) mass is 464 g/mol. The van der Waals surface area contributed by atoms with E-state index in [2.05, 4.69) is 21.9 Å².